The maximum atomic E-state index is 14.5. The number of carbonyl (C=O) groups excluding carboxylic acids is 2. The first-order valence-corrected chi connectivity index (χ1v) is 15.6. The first-order chi connectivity index (χ1) is 20.0. The maximum Gasteiger partial charge on any atom is 0.408 e. The van der Waals surface area contributed by atoms with Crippen LogP contribution in [0.1, 0.15) is 110 Å². The smallest absolute Gasteiger partial charge is 0.358 e. The van der Waals surface area contributed by atoms with E-state index >= 15 is 0 Å². The van der Waals surface area contributed by atoms with Crippen LogP contribution in [0.4, 0.5) is 27.8 Å². The van der Waals surface area contributed by atoms with E-state index in [1.54, 1.807) is 4.90 Å². The molecule has 2 aromatic heterocycles. The fourth-order valence-electron chi connectivity index (χ4n) is 6.21. The second kappa shape index (κ2) is 12.4. The molecule has 0 radical (unpaired) electrons. The molecule has 5 rings (SSSR count). The molecule has 3 unspecified atom stereocenters. The van der Waals surface area contributed by atoms with Crippen molar-refractivity contribution >= 4 is 29.0 Å². The van der Waals surface area contributed by atoms with Crippen LogP contribution in [0.15, 0.2) is 12.3 Å². The molecule has 3 heterocycles. The number of halogens is 5. The van der Waals surface area contributed by atoms with Crippen molar-refractivity contribution < 1.29 is 31.5 Å². The predicted molar refractivity (Wildman–Crippen MR) is 150 cm³/mol. The number of aromatic nitrogens is 2. The van der Waals surface area contributed by atoms with Crippen molar-refractivity contribution in [3.63, 3.8) is 0 Å². The molecule has 0 bridgehead atoms. The number of nitrogens with one attached hydrogen (secondary N) is 2. The van der Waals surface area contributed by atoms with Crippen LogP contribution >= 0.6 is 11.3 Å². The highest BCUT2D eigenvalue weighted by Gasteiger charge is 2.49. The zero-order valence-corrected chi connectivity index (χ0v) is 24.5. The summed E-state index contributed by atoms with van der Waals surface area (Å²) in [7, 11) is 0. The van der Waals surface area contributed by atoms with Crippen molar-refractivity contribution in [3.8, 4) is 10.4 Å². The second-order valence-corrected chi connectivity index (χ2v) is 12.7. The third kappa shape index (κ3) is 6.55. The van der Waals surface area contributed by atoms with Crippen LogP contribution in [0.25, 0.3) is 10.4 Å². The number of carbonyl (C=O) groups is 2. The van der Waals surface area contributed by atoms with Gasteiger partial charge < -0.3 is 15.5 Å². The van der Waals surface area contributed by atoms with Crippen molar-refractivity contribution in [1.29, 1.82) is 0 Å². The van der Waals surface area contributed by atoms with E-state index < -0.39 is 41.9 Å². The van der Waals surface area contributed by atoms with Gasteiger partial charge in [-0.1, -0.05) is 26.2 Å². The number of hydrogen-bond donors (Lipinski definition) is 2. The SMILES string of the molecule is CCCC1CCC(C)N1C(=O)c1nc(C(=O)NC2CCCC2)sc1-c1cnc(NC(C2CC2)C(F)(F)F)cc1C(F)F. The molecule has 230 valence electrons. The number of alkyl halides is 5. The topological polar surface area (TPSA) is 87.2 Å². The number of amides is 2. The normalized spacial score (nSPS) is 22.1. The van der Waals surface area contributed by atoms with E-state index in [1.807, 2.05) is 13.8 Å². The van der Waals surface area contributed by atoms with Gasteiger partial charge in [0, 0.05) is 35.4 Å². The monoisotopic (exact) mass is 613 g/mol. The standard InChI is InChI=1S/C29H36F5N5O2S/c1-3-6-18-12-9-15(2)39(18)28(41)22-23(42-27(38-22)26(40)36-17-7-4-5-8-17)20-14-35-21(13-19(20)25(30)31)37-24(16-10-11-16)29(32,33)34/h13-18,24-25H,3-12H2,1-2H3,(H,35,37)(H,36,40). The third-order valence-corrected chi connectivity index (χ3v) is 9.61. The number of rotatable bonds is 10. The number of nitrogens with zero attached hydrogens (tertiary/aromatic N) is 3. The summed E-state index contributed by atoms with van der Waals surface area (Å²) >= 11 is 0.833. The molecular formula is C29H36F5N5O2S. The molecule has 13 heteroatoms. The molecular weight excluding hydrogens is 577 g/mol. The summed E-state index contributed by atoms with van der Waals surface area (Å²) in [6.45, 7) is 3.95. The van der Waals surface area contributed by atoms with E-state index in [-0.39, 0.29) is 45.1 Å². The van der Waals surface area contributed by atoms with Gasteiger partial charge in [0.15, 0.2) is 5.01 Å². The first-order valence-electron chi connectivity index (χ1n) is 14.7. The molecule has 3 atom stereocenters. The van der Waals surface area contributed by atoms with E-state index in [0.717, 1.165) is 75.0 Å². The van der Waals surface area contributed by atoms with E-state index in [9.17, 15) is 31.5 Å². The van der Waals surface area contributed by atoms with Crippen molar-refractivity contribution in [1.82, 2.24) is 20.2 Å². The summed E-state index contributed by atoms with van der Waals surface area (Å²) in [4.78, 5) is 37.4. The van der Waals surface area contributed by atoms with Gasteiger partial charge in [0.1, 0.15) is 17.6 Å². The van der Waals surface area contributed by atoms with Crippen LogP contribution < -0.4 is 10.6 Å². The number of thiazole rings is 1. The van der Waals surface area contributed by atoms with Crippen LogP contribution in [0.5, 0.6) is 0 Å². The summed E-state index contributed by atoms with van der Waals surface area (Å²) in [5.74, 6) is -1.88. The minimum atomic E-state index is -4.56. The van der Waals surface area contributed by atoms with E-state index in [2.05, 4.69) is 20.6 Å². The van der Waals surface area contributed by atoms with Gasteiger partial charge in [0.05, 0.1) is 4.88 Å². The van der Waals surface area contributed by atoms with Crippen molar-refractivity contribution in [2.75, 3.05) is 5.32 Å². The molecule has 7 nitrogen and oxygen atoms in total. The first kappa shape index (κ1) is 30.6. The van der Waals surface area contributed by atoms with Crippen LogP contribution in [-0.2, 0) is 0 Å². The Morgan fingerprint density at radius 2 is 1.83 bits per heavy atom. The number of hydrogen-bond acceptors (Lipinski definition) is 6. The Balaban J connectivity index is 1.54. The zero-order chi connectivity index (χ0) is 30.2. The molecule has 2 amide bonds. The third-order valence-electron chi connectivity index (χ3n) is 8.52. The van der Waals surface area contributed by atoms with Gasteiger partial charge in [-0.3, -0.25) is 9.59 Å². The molecule has 42 heavy (non-hydrogen) atoms. The zero-order valence-electron chi connectivity index (χ0n) is 23.6. The maximum absolute atomic E-state index is 14.5. The highest BCUT2D eigenvalue weighted by molar-refractivity contribution is 7.17. The molecule has 3 aliphatic rings. The fourth-order valence-corrected chi connectivity index (χ4v) is 7.21. The van der Waals surface area contributed by atoms with Gasteiger partial charge in [-0.05, 0) is 63.9 Å². The average molecular weight is 614 g/mol. The van der Waals surface area contributed by atoms with Gasteiger partial charge in [0.25, 0.3) is 18.2 Å². The predicted octanol–water partition coefficient (Wildman–Crippen LogP) is 7.36. The van der Waals surface area contributed by atoms with Crippen molar-refractivity contribution in [2.24, 2.45) is 5.92 Å². The lowest BCUT2D eigenvalue weighted by Crippen LogP contribution is -2.40. The van der Waals surface area contributed by atoms with Gasteiger partial charge in [0.2, 0.25) is 0 Å². The van der Waals surface area contributed by atoms with Gasteiger partial charge >= 0.3 is 6.18 Å². The number of pyridine rings is 1. The van der Waals surface area contributed by atoms with Crippen LogP contribution in [0.3, 0.4) is 0 Å². The quantitative estimate of drug-likeness (QED) is 0.274. The highest BCUT2D eigenvalue weighted by atomic mass is 32.1. The molecule has 1 saturated heterocycles. The molecule has 0 spiro atoms. The van der Waals surface area contributed by atoms with Crippen LogP contribution in [0, 0.1) is 5.92 Å². The molecule has 3 fully saturated rings. The Kier molecular flexibility index (Phi) is 9.05. The highest BCUT2D eigenvalue weighted by Crippen LogP contribution is 2.43. The van der Waals surface area contributed by atoms with Gasteiger partial charge in [-0.25, -0.2) is 18.7 Å². The van der Waals surface area contributed by atoms with Crippen molar-refractivity contribution in [3.05, 3.63) is 28.5 Å². The Bertz CT molecular complexity index is 1290. The van der Waals surface area contributed by atoms with Gasteiger partial charge in [-0.2, -0.15) is 13.2 Å². The van der Waals surface area contributed by atoms with Crippen molar-refractivity contribution in [2.45, 2.75) is 115 Å². The fraction of sp³-hybridized carbons (Fsp3) is 0.655. The molecule has 1 aliphatic heterocycles. The second-order valence-electron chi connectivity index (χ2n) is 11.7. The van der Waals surface area contributed by atoms with Gasteiger partial charge in [-0.15, -0.1) is 11.3 Å². The lowest BCUT2D eigenvalue weighted by Gasteiger charge is -2.28. The summed E-state index contributed by atoms with van der Waals surface area (Å²) in [5.41, 5.74) is -0.809. The number of likely N-dealkylation sites (tertiary alicyclic amines) is 1. The summed E-state index contributed by atoms with van der Waals surface area (Å²) in [6.07, 6.45) is 1.06. The molecule has 2 N–H and O–H groups in total. The summed E-state index contributed by atoms with van der Waals surface area (Å²) < 4.78 is 69.7. The Labute approximate surface area is 245 Å². The summed E-state index contributed by atoms with van der Waals surface area (Å²) in [6, 6.07) is -1.14. The van der Waals surface area contributed by atoms with Crippen LogP contribution in [0.2, 0.25) is 0 Å². The minimum Gasteiger partial charge on any atom is -0.358 e. The minimum absolute atomic E-state index is 0.0202. The molecule has 0 aromatic carbocycles. The van der Waals surface area contributed by atoms with E-state index in [0.29, 0.717) is 12.8 Å². The average Bonchev–Trinajstić information content (AvgIpc) is 3.29. The lowest BCUT2D eigenvalue weighted by atomic mass is 10.1. The number of anilines is 1. The van der Waals surface area contributed by atoms with E-state index in [4.69, 9.17) is 0 Å². The van der Waals surface area contributed by atoms with E-state index in [1.165, 1.54) is 0 Å². The summed E-state index contributed by atoms with van der Waals surface area (Å²) in [5, 5.41) is 5.22. The Hall–Kier alpha value is -2.83. The van der Waals surface area contributed by atoms with Crippen LogP contribution in [-0.4, -0.2) is 57.0 Å². The largest absolute Gasteiger partial charge is 0.408 e. The molecule has 2 saturated carbocycles. The Morgan fingerprint density at radius 1 is 1.12 bits per heavy atom. The molecule has 2 aromatic rings. The molecule has 2 aliphatic carbocycles. The lowest BCUT2D eigenvalue weighted by molar-refractivity contribution is -0.146. The Morgan fingerprint density at radius 3 is 2.45 bits per heavy atom.